The van der Waals surface area contributed by atoms with Gasteiger partial charge in [-0.1, -0.05) is 201 Å². The van der Waals surface area contributed by atoms with Crippen molar-refractivity contribution in [2.75, 3.05) is 0 Å². The summed E-state index contributed by atoms with van der Waals surface area (Å²) in [4.78, 5) is 10.3. The van der Waals surface area contributed by atoms with Crippen molar-refractivity contribution in [3.63, 3.8) is 0 Å². The molecular weight excluding hydrogens is 677 g/mol. The molecule has 0 spiro atoms. The summed E-state index contributed by atoms with van der Waals surface area (Å²) in [6, 6.07) is 14.1. The molecule has 2 nitrogen and oxygen atoms in total. The third-order valence-corrected chi connectivity index (χ3v) is 11.5. The van der Waals surface area contributed by atoms with Crippen LogP contribution in [-0.4, -0.2) is 11.9 Å². The first kappa shape index (κ1) is 49.7. The van der Waals surface area contributed by atoms with Gasteiger partial charge in [-0.15, -0.1) is 0 Å². The van der Waals surface area contributed by atoms with Crippen LogP contribution in [0.5, 0.6) is 0 Å². The van der Waals surface area contributed by atoms with E-state index in [1.54, 1.807) is 0 Å². The van der Waals surface area contributed by atoms with Gasteiger partial charge in [-0.3, -0.25) is 4.99 Å². The second kappa shape index (κ2) is 35.7. The zero-order valence-electron chi connectivity index (χ0n) is 37.9. The lowest BCUT2D eigenvalue weighted by Gasteiger charge is -2.08. The van der Waals surface area contributed by atoms with Crippen LogP contribution >= 0.6 is 0 Å². The molecule has 0 saturated carbocycles. The molecule has 2 heteroatoms. The number of benzene rings is 2. The van der Waals surface area contributed by atoms with Gasteiger partial charge in [0.25, 0.3) is 0 Å². The van der Waals surface area contributed by atoms with Crippen LogP contribution in [-0.2, 0) is 25.7 Å². The number of aliphatic imine (C=N–C) groups is 2. The Hall–Kier alpha value is -2.48. The third-order valence-electron chi connectivity index (χ3n) is 11.5. The first-order valence-electron chi connectivity index (χ1n) is 24.7. The molecule has 2 aromatic rings. The molecule has 0 heterocycles. The maximum atomic E-state index is 5.26. The average Bonchev–Trinajstić information content (AvgIpc) is 3.21. The SMILES string of the molecule is CCCCCCCCCCCCCCCCCCCCCC/C=C/C(C=Nc1cc(CCCC)cc(CCCC)c1)=Nc1cc(CCCC)cc(CCCC)c1. The van der Waals surface area contributed by atoms with E-state index in [9.17, 15) is 0 Å². The van der Waals surface area contributed by atoms with E-state index in [4.69, 9.17) is 9.98 Å². The van der Waals surface area contributed by atoms with E-state index in [-0.39, 0.29) is 0 Å². The summed E-state index contributed by atoms with van der Waals surface area (Å²) in [6.45, 7) is 11.4. The molecule has 0 aliphatic carbocycles. The van der Waals surface area contributed by atoms with Gasteiger partial charge in [-0.25, -0.2) is 4.99 Å². The normalized spacial score (nSPS) is 12.2. The number of unbranched alkanes of at least 4 members (excludes halogenated alkanes) is 24. The zero-order valence-corrected chi connectivity index (χ0v) is 37.9. The fourth-order valence-electron chi connectivity index (χ4n) is 7.85. The molecular formula is C54H90N2. The van der Waals surface area contributed by atoms with Gasteiger partial charge < -0.3 is 0 Å². The molecule has 0 unspecified atom stereocenters. The van der Waals surface area contributed by atoms with Gasteiger partial charge >= 0.3 is 0 Å². The monoisotopic (exact) mass is 767 g/mol. The predicted molar refractivity (Wildman–Crippen MR) is 254 cm³/mol. The number of rotatable bonds is 37. The first-order valence-corrected chi connectivity index (χ1v) is 24.7. The minimum absolute atomic E-state index is 0.960. The highest BCUT2D eigenvalue weighted by Gasteiger charge is 2.05. The number of nitrogens with zero attached hydrogens (tertiary/aromatic N) is 2. The molecule has 2 rings (SSSR count). The van der Waals surface area contributed by atoms with E-state index in [1.165, 1.54) is 202 Å². The van der Waals surface area contributed by atoms with Crippen molar-refractivity contribution in [2.24, 2.45) is 9.98 Å². The zero-order chi connectivity index (χ0) is 40.2. The van der Waals surface area contributed by atoms with E-state index in [2.05, 4.69) is 83.2 Å². The van der Waals surface area contributed by atoms with Crippen molar-refractivity contribution >= 4 is 23.3 Å². The summed E-state index contributed by atoms with van der Waals surface area (Å²) in [6.07, 6.45) is 50.5. The Morgan fingerprint density at radius 3 is 1.05 bits per heavy atom. The van der Waals surface area contributed by atoms with Crippen molar-refractivity contribution < 1.29 is 0 Å². The lowest BCUT2D eigenvalue weighted by molar-refractivity contribution is 0.522. The molecule has 0 amide bonds. The van der Waals surface area contributed by atoms with Crippen LogP contribution < -0.4 is 0 Å². The summed E-state index contributed by atoms with van der Waals surface area (Å²) < 4.78 is 0. The standard InChI is InChI=1S/C54H90N2/c1-6-11-16-17-18-19-20-21-22-23-24-25-26-27-28-29-30-31-32-33-34-35-40-52(56-54-45-50(38-14-9-4)42-51(46-54)39-15-10-5)47-55-53-43-48(36-12-7-2)41-49(44-53)37-13-8-3/h35,40-47H,6-34,36-39H2,1-5H3/b40-35+,55-47?,56-52?. The quantitative estimate of drug-likeness (QED) is 0.0483. The largest absolute Gasteiger partial charge is 0.255 e. The van der Waals surface area contributed by atoms with Gasteiger partial charge in [0.05, 0.1) is 23.3 Å². The Balaban J connectivity index is 1.88. The van der Waals surface area contributed by atoms with Crippen LogP contribution in [0.1, 0.15) is 243 Å². The Labute approximate surface area is 349 Å². The second-order valence-corrected chi connectivity index (χ2v) is 17.1. The number of hydrogen-bond donors (Lipinski definition) is 0. The lowest BCUT2D eigenvalue weighted by Crippen LogP contribution is -1.97. The molecule has 56 heavy (non-hydrogen) atoms. The summed E-state index contributed by atoms with van der Waals surface area (Å²) in [5.41, 5.74) is 8.80. The Morgan fingerprint density at radius 2 is 0.696 bits per heavy atom. The van der Waals surface area contributed by atoms with Gasteiger partial charge in [0.1, 0.15) is 0 Å². The predicted octanol–water partition coefficient (Wildman–Crippen LogP) is 18.3. The van der Waals surface area contributed by atoms with Gasteiger partial charge in [0, 0.05) is 0 Å². The fraction of sp³-hybridized carbons (Fsp3) is 0.704. The maximum Gasteiger partial charge on any atom is 0.0816 e. The van der Waals surface area contributed by atoms with Crippen molar-refractivity contribution in [3.05, 3.63) is 70.8 Å². The molecule has 0 saturated heterocycles. The van der Waals surface area contributed by atoms with E-state index in [0.717, 1.165) is 49.2 Å². The van der Waals surface area contributed by atoms with Gasteiger partial charge in [-0.05, 0) is 117 Å². The maximum absolute atomic E-state index is 5.26. The van der Waals surface area contributed by atoms with E-state index < -0.39 is 0 Å². The molecule has 0 atom stereocenters. The highest BCUT2D eigenvalue weighted by atomic mass is 14.8. The highest BCUT2D eigenvalue weighted by Crippen LogP contribution is 2.24. The van der Waals surface area contributed by atoms with Gasteiger partial charge in [0.2, 0.25) is 0 Å². The second-order valence-electron chi connectivity index (χ2n) is 17.1. The Bertz CT molecular complexity index is 1250. The topological polar surface area (TPSA) is 24.7 Å². The molecule has 2 aromatic carbocycles. The van der Waals surface area contributed by atoms with Crippen molar-refractivity contribution in [2.45, 2.75) is 247 Å². The highest BCUT2D eigenvalue weighted by molar-refractivity contribution is 6.36. The van der Waals surface area contributed by atoms with Crippen LogP contribution in [0.2, 0.25) is 0 Å². The van der Waals surface area contributed by atoms with Crippen LogP contribution in [0.3, 0.4) is 0 Å². The smallest absolute Gasteiger partial charge is 0.0816 e. The summed E-state index contributed by atoms with van der Waals surface area (Å²) in [5, 5.41) is 0. The minimum Gasteiger partial charge on any atom is -0.255 e. The molecule has 0 radical (unpaired) electrons. The Kier molecular flexibility index (Phi) is 31.6. The molecule has 0 fully saturated rings. The summed E-state index contributed by atoms with van der Waals surface area (Å²) in [7, 11) is 0. The molecule has 0 aromatic heterocycles. The van der Waals surface area contributed by atoms with Crippen molar-refractivity contribution in [3.8, 4) is 0 Å². The molecule has 0 aliphatic heterocycles. The number of aryl methyl sites for hydroxylation is 4. The molecule has 0 N–H and O–H groups in total. The van der Waals surface area contributed by atoms with Crippen LogP contribution in [0.4, 0.5) is 11.4 Å². The summed E-state index contributed by atoms with van der Waals surface area (Å²) >= 11 is 0. The van der Waals surface area contributed by atoms with E-state index in [0.29, 0.717) is 0 Å². The molecule has 0 aliphatic rings. The van der Waals surface area contributed by atoms with E-state index in [1.807, 2.05) is 6.21 Å². The molecule has 0 bridgehead atoms. The number of hydrogen-bond acceptors (Lipinski definition) is 2. The first-order chi connectivity index (χ1) is 27.6. The van der Waals surface area contributed by atoms with Crippen LogP contribution in [0.15, 0.2) is 58.5 Å². The lowest BCUT2D eigenvalue weighted by atomic mass is 10.0. The van der Waals surface area contributed by atoms with Gasteiger partial charge in [-0.2, -0.15) is 0 Å². The minimum atomic E-state index is 0.960. The van der Waals surface area contributed by atoms with Crippen molar-refractivity contribution in [1.82, 2.24) is 0 Å². The van der Waals surface area contributed by atoms with E-state index >= 15 is 0 Å². The van der Waals surface area contributed by atoms with Gasteiger partial charge in [0.15, 0.2) is 0 Å². The average molecular weight is 767 g/mol. The molecule has 316 valence electrons. The van der Waals surface area contributed by atoms with Crippen LogP contribution in [0, 0.1) is 0 Å². The van der Waals surface area contributed by atoms with Crippen LogP contribution in [0.25, 0.3) is 0 Å². The fourth-order valence-corrected chi connectivity index (χ4v) is 7.85. The van der Waals surface area contributed by atoms with Crippen molar-refractivity contribution in [1.29, 1.82) is 0 Å². The third kappa shape index (κ3) is 26.4. The summed E-state index contributed by atoms with van der Waals surface area (Å²) in [5.74, 6) is 0. The Morgan fingerprint density at radius 1 is 0.375 bits per heavy atom. The number of allylic oxidation sites excluding steroid dienone is 2.